The summed E-state index contributed by atoms with van der Waals surface area (Å²) < 4.78 is 16.9. The van der Waals surface area contributed by atoms with Crippen molar-refractivity contribution in [2.75, 3.05) is 13.2 Å². The molecule has 0 aromatic rings. The number of carbonyl (C=O) groups is 3. The van der Waals surface area contributed by atoms with E-state index in [0.717, 1.165) is 89.9 Å². The third kappa shape index (κ3) is 66.2. The molecule has 80 heavy (non-hydrogen) atoms. The lowest BCUT2D eigenvalue weighted by molar-refractivity contribution is -0.167. The molecule has 0 amide bonds. The van der Waals surface area contributed by atoms with Crippen LogP contribution in [0, 0.1) is 0 Å². The molecule has 0 N–H and O–H groups in total. The van der Waals surface area contributed by atoms with Crippen LogP contribution >= 0.6 is 0 Å². The van der Waals surface area contributed by atoms with E-state index in [1.807, 2.05) is 0 Å². The highest BCUT2D eigenvalue weighted by atomic mass is 16.6. The summed E-state index contributed by atoms with van der Waals surface area (Å²) in [5.41, 5.74) is 0. The molecule has 468 valence electrons. The Morgan fingerprint density at radius 3 is 0.762 bits per heavy atom. The number of rotatable bonds is 66. The van der Waals surface area contributed by atoms with Gasteiger partial charge in [0.15, 0.2) is 6.10 Å². The fourth-order valence-corrected chi connectivity index (χ4v) is 10.8. The van der Waals surface area contributed by atoms with Gasteiger partial charge in [-0.1, -0.05) is 358 Å². The fourth-order valence-electron chi connectivity index (χ4n) is 10.8. The largest absolute Gasteiger partial charge is 0.462 e. The SMILES string of the molecule is CC/C=C\C/C=C\C/C=C\C/C=C\CCCCCCCCCCC(=O)OC(COC(=O)CCCCCCCCCC)COC(=O)CCCCCCCCCCCCCCCCCCCCCCCCCCCCCCCCCCC. The average Bonchev–Trinajstić information content (AvgIpc) is 3.46. The third-order valence-corrected chi connectivity index (χ3v) is 16.1. The summed E-state index contributed by atoms with van der Waals surface area (Å²) >= 11 is 0. The molecule has 6 heteroatoms. The first-order valence-corrected chi connectivity index (χ1v) is 35.6. The van der Waals surface area contributed by atoms with Crippen molar-refractivity contribution in [1.82, 2.24) is 0 Å². The van der Waals surface area contributed by atoms with Crippen LogP contribution in [-0.2, 0) is 28.6 Å². The van der Waals surface area contributed by atoms with E-state index in [1.54, 1.807) is 0 Å². The van der Waals surface area contributed by atoms with Gasteiger partial charge in [0, 0.05) is 19.3 Å². The summed E-state index contributed by atoms with van der Waals surface area (Å²) in [7, 11) is 0. The lowest BCUT2D eigenvalue weighted by Crippen LogP contribution is -2.30. The van der Waals surface area contributed by atoms with Crippen molar-refractivity contribution in [2.24, 2.45) is 0 Å². The van der Waals surface area contributed by atoms with Crippen LogP contribution in [0.4, 0.5) is 0 Å². The van der Waals surface area contributed by atoms with Crippen LogP contribution in [-0.4, -0.2) is 37.2 Å². The number of allylic oxidation sites excluding steroid dienone is 8. The van der Waals surface area contributed by atoms with Crippen LogP contribution in [0.2, 0.25) is 0 Å². The number of esters is 3. The maximum atomic E-state index is 12.9. The summed E-state index contributed by atoms with van der Waals surface area (Å²) in [4.78, 5) is 38.2. The van der Waals surface area contributed by atoms with Gasteiger partial charge in [-0.15, -0.1) is 0 Å². The van der Waals surface area contributed by atoms with Crippen LogP contribution < -0.4 is 0 Å². The van der Waals surface area contributed by atoms with Gasteiger partial charge in [-0.05, 0) is 57.8 Å². The zero-order valence-corrected chi connectivity index (χ0v) is 53.9. The zero-order chi connectivity index (χ0) is 57.8. The summed E-state index contributed by atoms with van der Waals surface area (Å²) in [6, 6.07) is 0. The van der Waals surface area contributed by atoms with Crippen LogP contribution in [0.3, 0.4) is 0 Å². The van der Waals surface area contributed by atoms with Gasteiger partial charge in [0.2, 0.25) is 0 Å². The molecule has 6 nitrogen and oxygen atoms in total. The lowest BCUT2D eigenvalue weighted by atomic mass is 10.0. The molecule has 0 heterocycles. The number of unbranched alkanes of at least 4 members (excludes halogenated alkanes) is 47. The van der Waals surface area contributed by atoms with E-state index in [-0.39, 0.29) is 31.1 Å². The summed E-state index contributed by atoms with van der Waals surface area (Å²) in [5, 5.41) is 0. The molecule has 0 saturated heterocycles. The molecule has 0 aromatic heterocycles. The van der Waals surface area contributed by atoms with Crippen molar-refractivity contribution in [2.45, 2.75) is 393 Å². The molecule has 0 aliphatic heterocycles. The molecule has 0 rings (SSSR count). The van der Waals surface area contributed by atoms with Gasteiger partial charge in [-0.3, -0.25) is 14.4 Å². The average molecular weight is 1120 g/mol. The van der Waals surface area contributed by atoms with Gasteiger partial charge in [0.05, 0.1) is 0 Å². The summed E-state index contributed by atoms with van der Waals surface area (Å²) in [6.45, 7) is 6.55. The monoisotopic (exact) mass is 1120 g/mol. The predicted molar refractivity (Wildman–Crippen MR) is 349 cm³/mol. The van der Waals surface area contributed by atoms with Gasteiger partial charge in [0.1, 0.15) is 13.2 Å². The molecule has 0 aromatic carbocycles. The molecule has 1 atom stereocenters. The van der Waals surface area contributed by atoms with Crippen molar-refractivity contribution in [3.63, 3.8) is 0 Å². The van der Waals surface area contributed by atoms with Crippen molar-refractivity contribution in [1.29, 1.82) is 0 Å². The Balaban J connectivity index is 4.01. The second-order valence-electron chi connectivity index (χ2n) is 24.1. The maximum absolute atomic E-state index is 12.9. The van der Waals surface area contributed by atoms with E-state index in [2.05, 4.69) is 69.4 Å². The van der Waals surface area contributed by atoms with Gasteiger partial charge in [-0.2, -0.15) is 0 Å². The Labute approximate surface area is 498 Å². The molecule has 0 aliphatic carbocycles. The minimum Gasteiger partial charge on any atom is -0.462 e. The Bertz CT molecular complexity index is 1380. The standard InChI is InChI=1S/C74H136O6/c1-4-7-10-13-16-19-21-23-25-27-29-31-32-33-34-35-36-37-38-39-40-41-42-44-45-47-49-51-53-55-58-61-64-67-73(76)79-70-71(69-78-72(75)66-63-60-57-18-15-12-9-6-3)80-74(77)68-65-62-59-56-54-52-50-48-46-43-30-28-26-24-22-20-17-14-11-8-5-2/h8,11,17,20,24,26,30,43,71H,4-7,9-10,12-16,18-19,21-23,25,27-29,31-42,44-70H2,1-3H3/b11-8-,20-17-,26-24-,43-30-. The van der Waals surface area contributed by atoms with E-state index in [4.69, 9.17) is 14.2 Å². The van der Waals surface area contributed by atoms with E-state index in [1.165, 1.54) is 257 Å². The highest BCUT2D eigenvalue weighted by Crippen LogP contribution is 2.19. The number of hydrogen-bond donors (Lipinski definition) is 0. The minimum atomic E-state index is -0.774. The number of carbonyl (C=O) groups excluding carboxylic acids is 3. The van der Waals surface area contributed by atoms with Crippen molar-refractivity contribution < 1.29 is 28.6 Å². The van der Waals surface area contributed by atoms with E-state index in [0.29, 0.717) is 19.3 Å². The topological polar surface area (TPSA) is 78.9 Å². The zero-order valence-electron chi connectivity index (χ0n) is 53.9. The van der Waals surface area contributed by atoms with Crippen LogP contribution in [0.5, 0.6) is 0 Å². The first-order chi connectivity index (χ1) is 39.5. The Hall–Kier alpha value is -2.63. The van der Waals surface area contributed by atoms with Crippen molar-refractivity contribution in [3.05, 3.63) is 48.6 Å². The van der Waals surface area contributed by atoms with E-state index >= 15 is 0 Å². The second-order valence-corrected chi connectivity index (χ2v) is 24.1. The Morgan fingerprint density at radius 1 is 0.263 bits per heavy atom. The van der Waals surface area contributed by atoms with E-state index in [9.17, 15) is 14.4 Å². The smallest absolute Gasteiger partial charge is 0.306 e. The normalized spacial score (nSPS) is 12.3. The first-order valence-electron chi connectivity index (χ1n) is 35.6. The predicted octanol–water partition coefficient (Wildman–Crippen LogP) is 24.5. The third-order valence-electron chi connectivity index (χ3n) is 16.1. The molecule has 0 fully saturated rings. The van der Waals surface area contributed by atoms with Crippen LogP contribution in [0.1, 0.15) is 387 Å². The molecule has 1 unspecified atom stereocenters. The molecule has 0 saturated carbocycles. The molecular weight excluding hydrogens is 985 g/mol. The highest BCUT2D eigenvalue weighted by molar-refractivity contribution is 5.71. The van der Waals surface area contributed by atoms with Crippen molar-refractivity contribution >= 4 is 17.9 Å². The number of hydrogen-bond acceptors (Lipinski definition) is 6. The second kappa shape index (κ2) is 68.9. The quantitative estimate of drug-likeness (QED) is 0.0261. The van der Waals surface area contributed by atoms with Crippen molar-refractivity contribution in [3.8, 4) is 0 Å². The summed E-state index contributed by atoms with van der Waals surface area (Å²) in [5.74, 6) is -0.862. The molecule has 0 spiro atoms. The lowest BCUT2D eigenvalue weighted by Gasteiger charge is -2.18. The molecule has 0 bridgehead atoms. The molecule has 0 aliphatic rings. The number of ether oxygens (including phenoxy) is 3. The van der Waals surface area contributed by atoms with Crippen LogP contribution in [0.15, 0.2) is 48.6 Å². The fraction of sp³-hybridized carbons (Fsp3) is 0.851. The maximum Gasteiger partial charge on any atom is 0.306 e. The van der Waals surface area contributed by atoms with Crippen LogP contribution in [0.25, 0.3) is 0 Å². The molecule has 0 radical (unpaired) electrons. The van der Waals surface area contributed by atoms with Gasteiger partial charge in [0.25, 0.3) is 0 Å². The van der Waals surface area contributed by atoms with Gasteiger partial charge in [-0.25, -0.2) is 0 Å². The summed E-state index contributed by atoms with van der Waals surface area (Å²) in [6.07, 6.45) is 87.5. The molecular formula is C74H136O6. The minimum absolute atomic E-state index is 0.0719. The van der Waals surface area contributed by atoms with E-state index < -0.39 is 6.10 Å². The Kier molecular flexibility index (Phi) is 66.6. The van der Waals surface area contributed by atoms with Gasteiger partial charge >= 0.3 is 17.9 Å². The Morgan fingerprint density at radius 2 is 0.487 bits per heavy atom. The highest BCUT2D eigenvalue weighted by Gasteiger charge is 2.19. The first kappa shape index (κ1) is 77.4. The van der Waals surface area contributed by atoms with Gasteiger partial charge < -0.3 is 14.2 Å².